The first-order chi connectivity index (χ1) is 8.16. The van der Waals surface area contributed by atoms with E-state index in [1.807, 2.05) is 13.8 Å². The first kappa shape index (κ1) is 15.0. The fourth-order valence-electron chi connectivity index (χ4n) is 2.58. The number of amides is 2. The molecule has 1 saturated heterocycles. The van der Waals surface area contributed by atoms with E-state index in [-0.39, 0.29) is 11.8 Å². The second-order valence-electron chi connectivity index (χ2n) is 6.44. The van der Waals surface area contributed by atoms with E-state index < -0.39 is 11.6 Å². The molecule has 1 heterocycles. The minimum atomic E-state index is -0.741. The molecule has 2 amide bonds. The van der Waals surface area contributed by atoms with E-state index in [9.17, 15) is 9.59 Å². The fourth-order valence-corrected chi connectivity index (χ4v) is 2.58. The summed E-state index contributed by atoms with van der Waals surface area (Å²) in [6.07, 6.45) is 1.07. The van der Waals surface area contributed by atoms with Crippen molar-refractivity contribution in [3.63, 3.8) is 0 Å². The maximum absolute atomic E-state index is 12.2. The number of nitrogens with zero attached hydrogens (tertiary/aromatic N) is 1. The SMILES string of the molecule is CC(C)CC(C)CN1C(=O)C(C)NC(=O)C1(C)C. The van der Waals surface area contributed by atoms with Crippen molar-refractivity contribution in [2.24, 2.45) is 11.8 Å². The molecular weight excluding hydrogens is 228 g/mol. The third-order valence-electron chi connectivity index (χ3n) is 3.58. The topological polar surface area (TPSA) is 49.4 Å². The summed E-state index contributed by atoms with van der Waals surface area (Å²) in [6.45, 7) is 12.5. The van der Waals surface area contributed by atoms with Gasteiger partial charge in [0.2, 0.25) is 11.8 Å². The molecule has 1 N–H and O–H groups in total. The van der Waals surface area contributed by atoms with Crippen molar-refractivity contribution in [3.05, 3.63) is 0 Å². The van der Waals surface area contributed by atoms with Crippen LogP contribution in [-0.4, -0.2) is 34.8 Å². The lowest BCUT2D eigenvalue weighted by Crippen LogP contribution is -2.68. The largest absolute Gasteiger partial charge is 0.343 e. The maximum atomic E-state index is 12.2. The highest BCUT2D eigenvalue weighted by Gasteiger charge is 2.44. The predicted molar refractivity (Wildman–Crippen MR) is 72.0 cm³/mol. The van der Waals surface area contributed by atoms with Crippen molar-refractivity contribution < 1.29 is 9.59 Å². The standard InChI is InChI=1S/C14H26N2O2/c1-9(2)7-10(3)8-16-12(17)11(4)15-13(18)14(16,5)6/h9-11H,7-8H2,1-6H3,(H,15,18). The van der Waals surface area contributed by atoms with Gasteiger partial charge in [0.05, 0.1) is 0 Å². The summed E-state index contributed by atoms with van der Waals surface area (Å²) in [6, 6.07) is -0.406. The van der Waals surface area contributed by atoms with Crippen molar-refractivity contribution >= 4 is 11.8 Å². The van der Waals surface area contributed by atoms with Gasteiger partial charge < -0.3 is 10.2 Å². The normalized spacial score (nSPS) is 25.3. The molecule has 18 heavy (non-hydrogen) atoms. The van der Waals surface area contributed by atoms with E-state index in [0.717, 1.165) is 6.42 Å². The van der Waals surface area contributed by atoms with Crippen LogP contribution in [0.4, 0.5) is 0 Å². The van der Waals surface area contributed by atoms with Gasteiger partial charge >= 0.3 is 0 Å². The maximum Gasteiger partial charge on any atom is 0.246 e. The van der Waals surface area contributed by atoms with Crippen LogP contribution in [0.15, 0.2) is 0 Å². The van der Waals surface area contributed by atoms with Crippen LogP contribution in [0.3, 0.4) is 0 Å². The molecule has 4 nitrogen and oxygen atoms in total. The highest BCUT2D eigenvalue weighted by molar-refractivity contribution is 5.99. The van der Waals surface area contributed by atoms with E-state index in [1.54, 1.807) is 11.8 Å². The van der Waals surface area contributed by atoms with Crippen LogP contribution in [0.25, 0.3) is 0 Å². The Labute approximate surface area is 110 Å². The number of carbonyl (C=O) groups is 2. The molecule has 0 spiro atoms. The van der Waals surface area contributed by atoms with Crippen molar-refractivity contribution in [2.75, 3.05) is 6.54 Å². The molecule has 2 atom stereocenters. The van der Waals surface area contributed by atoms with Crippen molar-refractivity contribution in [1.82, 2.24) is 10.2 Å². The minimum absolute atomic E-state index is 0.0233. The molecule has 0 aromatic heterocycles. The molecule has 1 fully saturated rings. The van der Waals surface area contributed by atoms with Gasteiger partial charge in [0, 0.05) is 6.54 Å². The molecule has 1 aliphatic heterocycles. The van der Waals surface area contributed by atoms with Crippen LogP contribution in [0.5, 0.6) is 0 Å². The van der Waals surface area contributed by atoms with Crippen LogP contribution in [0.2, 0.25) is 0 Å². The van der Waals surface area contributed by atoms with Gasteiger partial charge in [-0.1, -0.05) is 20.8 Å². The third-order valence-corrected chi connectivity index (χ3v) is 3.58. The zero-order valence-electron chi connectivity index (χ0n) is 12.4. The number of hydrogen-bond donors (Lipinski definition) is 1. The Morgan fingerprint density at radius 1 is 1.28 bits per heavy atom. The Balaban J connectivity index is 2.82. The Hall–Kier alpha value is -1.06. The summed E-state index contributed by atoms with van der Waals surface area (Å²) in [7, 11) is 0. The highest BCUT2D eigenvalue weighted by Crippen LogP contribution is 2.24. The summed E-state index contributed by atoms with van der Waals surface area (Å²) >= 11 is 0. The van der Waals surface area contributed by atoms with Crippen LogP contribution in [0.1, 0.15) is 48.0 Å². The van der Waals surface area contributed by atoms with Crippen LogP contribution in [0, 0.1) is 11.8 Å². The average Bonchev–Trinajstić information content (AvgIpc) is 2.21. The molecule has 0 aromatic rings. The van der Waals surface area contributed by atoms with Gasteiger partial charge in [-0.3, -0.25) is 9.59 Å². The Bertz CT molecular complexity index is 337. The monoisotopic (exact) mass is 254 g/mol. The first-order valence-corrected chi connectivity index (χ1v) is 6.78. The molecule has 1 aliphatic rings. The van der Waals surface area contributed by atoms with Crippen molar-refractivity contribution in [2.45, 2.75) is 59.5 Å². The number of rotatable bonds is 4. The fraction of sp³-hybridized carbons (Fsp3) is 0.857. The van der Waals surface area contributed by atoms with Crippen LogP contribution in [-0.2, 0) is 9.59 Å². The molecule has 1 rings (SSSR count). The molecule has 0 bridgehead atoms. The van der Waals surface area contributed by atoms with E-state index in [2.05, 4.69) is 26.1 Å². The van der Waals surface area contributed by atoms with Gasteiger partial charge in [0.15, 0.2) is 0 Å². The zero-order valence-corrected chi connectivity index (χ0v) is 12.4. The molecule has 0 aliphatic carbocycles. The van der Waals surface area contributed by atoms with Crippen molar-refractivity contribution in [1.29, 1.82) is 0 Å². The molecule has 0 saturated carbocycles. The number of hydrogen-bond acceptors (Lipinski definition) is 2. The summed E-state index contributed by atoms with van der Waals surface area (Å²) in [5, 5.41) is 2.73. The van der Waals surface area contributed by atoms with Gasteiger partial charge in [-0.2, -0.15) is 0 Å². The molecule has 0 aromatic carbocycles. The second-order valence-corrected chi connectivity index (χ2v) is 6.44. The molecule has 2 unspecified atom stereocenters. The van der Waals surface area contributed by atoms with E-state index in [0.29, 0.717) is 18.4 Å². The average molecular weight is 254 g/mol. The quantitative estimate of drug-likeness (QED) is 0.831. The molecular formula is C14H26N2O2. The predicted octanol–water partition coefficient (Wildman–Crippen LogP) is 1.79. The van der Waals surface area contributed by atoms with E-state index in [1.165, 1.54) is 0 Å². The Kier molecular flexibility index (Phi) is 4.41. The minimum Gasteiger partial charge on any atom is -0.343 e. The first-order valence-electron chi connectivity index (χ1n) is 6.78. The van der Waals surface area contributed by atoms with Crippen molar-refractivity contribution in [3.8, 4) is 0 Å². The van der Waals surface area contributed by atoms with E-state index >= 15 is 0 Å². The van der Waals surface area contributed by atoms with Gasteiger partial charge in [-0.15, -0.1) is 0 Å². The lowest BCUT2D eigenvalue weighted by molar-refractivity contribution is -0.155. The number of piperazine rings is 1. The van der Waals surface area contributed by atoms with Crippen LogP contribution < -0.4 is 5.32 Å². The number of carbonyl (C=O) groups excluding carboxylic acids is 2. The lowest BCUT2D eigenvalue weighted by Gasteiger charge is -2.44. The smallest absolute Gasteiger partial charge is 0.246 e. The van der Waals surface area contributed by atoms with Crippen LogP contribution >= 0.6 is 0 Å². The summed E-state index contributed by atoms with van der Waals surface area (Å²) in [5.74, 6) is 0.974. The Morgan fingerprint density at radius 2 is 1.83 bits per heavy atom. The highest BCUT2D eigenvalue weighted by atomic mass is 16.2. The third kappa shape index (κ3) is 3.03. The molecule has 0 radical (unpaired) electrons. The van der Waals surface area contributed by atoms with Gasteiger partial charge in [0.25, 0.3) is 0 Å². The number of nitrogens with one attached hydrogen (secondary N) is 1. The summed E-state index contributed by atoms with van der Waals surface area (Å²) in [5.41, 5.74) is -0.741. The van der Waals surface area contributed by atoms with Gasteiger partial charge in [0.1, 0.15) is 11.6 Å². The molecule has 4 heteroatoms. The molecule has 104 valence electrons. The zero-order chi connectivity index (χ0) is 14.1. The summed E-state index contributed by atoms with van der Waals surface area (Å²) in [4.78, 5) is 25.9. The van der Waals surface area contributed by atoms with Gasteiger partial charge in [-0.25, -0.2) is 0 Å². The second kappa shape index (κ2) is 5.29. The lowest BCUT2D eigenvalue weighted by atomic mass is 9.92. The Morgan fingerprint density at radius 3 is 2.33 bits per heavy atom. The van der Waals surface area contributed by atoms with Gasteiger partial charge in [-0.05, 0) is 39.0 Å². The van der Waals surface area contributed by atoms with E-state index in [4.69, 9.17) is 0 Å². The summed E-state index contributed by atoms with van der Waals surface area (Å²) < 4.78 is 0.